The van der Waals surface area contributed by atoms with E-state index in [0.29, 0.717) is 30.9 Å². The zero-order valence-electron chi connectivity index (χ0n) is 22.2. The minimum Gasteiger partial charge on any atom is -0.488 e. The highest BCUT2D eigenvalue weighted by Crippen LogP contribution is 2.31. The lowest BCUT2D eigenvalue weighted by Crippen LogP contribution is -2.23. The van der Waals surface area contributed by atoms with Crippen LogP contribution < -0.4 is 9.64 Å². The van der Waals surface area contributed by atoms with Crippen LogP contribution in [0.25, 0.3) is 0 Å². The smallest absolute Gasteiger partial charge is 0.165 e. The molecule has 0 saturated heterocycles. The summed E-state index contributed by atoms with van der Waals surface area (Å²) in [4.78, 5) is 14.6. The maximum atomic E-state index is 14.7. The lowest BCUT2D eigenvalue weighted by atomic mass is 9.88. The van der Waals surface area contributed by atoms with Crippen LogP contribution in [0.5, 0.6) is 5.75 Å². The molecular weight excluding hydrogens is 425 g/mol. The molecule has 0 N–H and O–H groups in total. The molecule has 1 aliphatic heterocycles. The van der Waals surface area contributed by atoms with Crippen LogP contribution >= 0.6 is 0 Å². The third kappa shape index (κ3) is 7.07. The lowest BCUT2D eigenvalue weighted by Gasteiger charge is -2.25. The van der Waals surface area contributed by atoms with Crippen LogP contribution in [0.1, 0.15) is 88.1 Å². The van der Waals surface area contributed by atoms with Crippen molar-refractivity contribution in [2.75, 3.05) is 11.4 Å². The molecule has 34 heavy (non-hydrogen) atoms. The van der Waals surface area contributed by atoms with Gasteiger partial charge in [-0.1, -0.05) is 20.8 Å². The number of hydrogen-bond donors (Lipinski definition) is 0. The number of nitrogens with zero attached hydrogens (tertiary/aromatic N) is 1. The highest BCUT2D eigenvalue weighted by atomic mass is 19.1. The van der Waals surface area contributed by atoms with Crippen molar-refractivity contribution in [2.24, 2.45) is 5.41 Å². The second-order valence-corrected chi connectivity index (χ2v) is 11.4. The molecule has 0 spiro atoms. The van der Waals surface area contributed by atoms with E-state index in [2.05, 4.69) is 51.7 Å². The number of ether oxygens (including phenoxy) is 1. The third-order valence-corrected chi connectivity index (χ3v) is 6.51. The Labute approximate surface area is 205 Å². The molecule has 1 heterocycles. The molecule has 0 radical (unpaired) electrons. The van der Waals surface area contributed by atoms with Crippen molar-refractivity contribution in [3.8, 4) is 5.75 Å². The van der Waals surface area contributed by atoms with Crippen LogP contribution in [0.4, 0.5) is 10.1 Å². The van der Waals surface area contributed by atoms with Crippen molar-refractivity contribution in [2.45, 2.75) is 99.6 Å². The predicted molar refractivity (Wildman–Crippen MR) is 139 cm³/mol. The number of carbonyl (C=O) groups excluding carboxylic acids is 1. The predicted octanol–water partition coefficient (Wildman–Crippen LogP) is 7.51. The van der Waals surface area contributed by atoms with Crippen LogP contribution in [0.15, 0.2) is 24.3 Å². The fraction of sp³-hybridized carbons (Fsp3) is 0.567. The topological polar surface area (TPSA) is 29.5 Å². The number of fused-ring (bicyclic) bond motifs is 1. The van der Waals surface area contributed by atoms with Gasteiger partial charge < -0.3 is 9.64 Å². The number of halogens is 1. The first-order valence-electron chi connectivity index (χ1n) is 12.8. The lowest BCUT2D eigenvalue weighted by molar-refractivity contribution is -0.120. The number of benzene rings is 2. The van der Waals surface area contributed by atoms with Gasteiger partial charge in [0.15, 0.2) is 11.6 Å². The van der Waals surface area contributed by atoms with E-state index in [-0.39, 0.29) is 17.3 Å². The molecule has 2 aromatic carbocycles. The normalized spacial score (nSPS) is 14.2. The van der Waals surface area contributed by atoms with E-state index in [1.165, 1.54) is 27.9 Å². The first-order valence-corrected chi connectivity index (χ1v) is 12.8. The van der Waals surface area contributed by atoms with Gasteiger partial charge in [-0.25, -0.2) is 4.39 Å². The molecule has 0 saturated carbocycles. The van der Waals surface area contributed by atoms with Gasteiger partial charge in [-0.05, 0) is 111 Å². The molecule has 0 amide bonds. The fourth-order valence-electron chi connectivity index (χ4n) is 5.02. The number of anilines is 1. The van der Waals surface area contributed by atoms with Gasteiger partial charge in [-0.15, -0.1) is 0 Å². The standard InChI is InChI=1S/C30H42FNO2/c1-20(2)34-29-17-23-10-9-13-32(19-24(23)16-28(29)31)25-14-21(3)27(22(4)15-25)12-8-11-26(33)18-30(5,6)7/h14-17,20H,8-13,18-19H2,1-7H3. The quantitative estimate of drug-likeness (QED) is 0.402. The molecule has 3 rings (SSSR count). The molecule has 0 aliphatic carbocycles. The van der Waals surface area contributed by atoms with Gasteiger partial charge in [0.25, 0.3) is 0 Å². The summed E-state index contributed by atoms with van der Waals surface area (Å²) in [5.74, 6) is 0.439. The van der Waals surface area contributed by atoms with Crippen LogP contribution in [0.2, 0.25) is 0 Å². The molecular formula is C30H42FNO2. The summed E-state index contributed by atoms with van der Waals surface area (Å²) in [6.45, 7) is 16.2. The number of carbonyl (C=O) groups is 1. The van der Waals surface area contributed by atoms with Gasteiger partial charge in [-0.3, -0.25) is 4.79 Å². The van der Waals surface area contributed by atoms with Crippen LogP contribution in [-0.4, -0.2) is 18.4 Å². The summed E-state index contributed by atoms with van der Waals surface area (Å²) in [5.41, 5.74) is 7.38. The maximum Gasteiger partial charge on any atom is 0.165 e. The number of rotatable bonds is 8. The second kappa shape index (κ2) is 10.9. The number of Topliss-reactive ketones (excluding diaryl/α,β-unsaturated/α-hetero) is 1. The van der Waals surface area contributed by atoms with Crippen molar-refractivity contribution >= 4 is 11.5 Å². The Hall–Kier alpha value is -2.36. The summed E-state index contributed by atoms with van der Waals surface area (Å²) in [6.07, 6.45) is 5.03. The van der Waals surface area contributed by atoms with Gasteiger partial charge in [0, 0.05) is 31.6 Å². The van der Waals surface area contributed by atoms with E-state index in [1.807, 2.05) is 19.9 Å². The van der Waals surface area contributed by atoms with E-state index < -0.39 is 0 Å². The van der Waals surface area contributed by atoms with E-state index in [9.17, 15) is 9.18 Å². The minimum atomic E-state index is -0.280. The zero-order chi connectivity index (χ0) is 25.0. The van der Waals surface area contributed by atoms with E-state index >= 15 is 0 Å². The Morgan fingerprint density at radius 3 is 2.38 bits per heavy atom. The summed E-state index contributed by atoms with van der Waals surface area (Å²) in [7, 11) is 0. The number of ketones is 1. The zero-order valence-corrected chi connectivity index (χ0v) is 22.2. The summed E-state index contributed by atoms with van der Waals surface area (Å²) >= 11 is 0. The SMILES string of the molecule is Cc1cc(N2CCCc3cc(OC(C)C)c(F)cc3C2)cc(C)c1CCCC(=O)CC(C)(C)C. The average molecular weight is 468 g/mol. The Balaban J connectivity index is 1.72. The first kappa shape index (κ1) is 26.2. The first-order chi connectivity index (χ1) is 15.9. The average Bonchev–Trinajstić information content (AvgIpc) is 2.90. The van der Waals surface area contributed by atoms with Crippen LogP contribution in [-0.2, 0) is 24.2 Å². The Morgan fingerprint density at radius 2 is 1.76 bits per heavy atom. The van der Waals surface area contributed by atoms with E-state index in [1.54, 1.807) is 6.07 Å². The maximum absolute atomic E-state index is 14.7. The van der Waals surface area contributed by atoms with Gasteiger partial charge in [0.2, 0.25) is 0 Å². The second-order valence-electron chi connectivity index (χ2n) is 11.4. The van der Waals surface area contributed by atoms with Crippen LogP contribution in [0.3, 0.4) is 0 Å². The van der Waals surface area contributed by atoms with Crippen molar-refractivity contribution in [3.63, 3.8) is 0 Å². The fourth-order valence-corrected chi connectivity index (χ4v) is 5.02. The van der Waals surface area contributed by atoms with Crippen molar-refractivity contribution < 1.29 is 13.9 Å². The molecule has 2 aromatic rings. The molecule has 0 fully saturated rings. The molecule has 3 nitrogen and oxygen atoms in total. The van der Waals surface area contributed by atoms with E-state index in [4.69, 9.17) is 4.74 Å². The van der Waals surface area contributed by atoms with Gasteiger partial charge in [-0.2, -0.15) is 0 Å². The molecule has 0 aromatic heterocycles. The number of hydrogen-bond acceptors (Lipinski definition) is 3. The summed E-state index contributed by atoms with van der Waals surface area (Å²) in [5, 5.41) is 0. The highest BCUT2D eigenvalue weighted by Gasteiger charge is 2.20. The largest absolute Gasteiger partial charge is 0.488 e. The molecule has 4 heteroatoms. The molecule has 0 atom stereocenters. The Kier molecular flexibility index (Phi) is 8.43. The van der Waals surface area contributed by atoms with Gasteiger partial charge in [0.05, 0.1) is 6.10 Å². The molecule has 0 unspecified atom stereocenters. The van der Waals surface area contributed by atoms with Crippen LogP contribution in [0, 0.1) is 25.1 Å². The highest BCUT2D eigenvalue weighted by molar-refractivity contribution is 5.79. The van der Waals surface area contributed by atoms with Crippen molar-refractivity contribution in [1.29, 1.82) is 0 Å². The summed E-state index contributed by atoms with van der Waals surface area (Å²) in [6, 6.07) is 8.08. The molecule has 186 valence electrons. The Morgan fingerprint density at radius 1 is 1.09 bits per heavy atom. The minimum absolute atomic E-state index is 0.0455. The third-order valence-electron chi connectivity index (χ3n) is 6.51. The van der Waals surface area contributed by atoms with Crippen molar-refractivity contribution in [3.05, 3.63) is 57.9 Å². The number of aryl methyl sites for hydroxylation is 3. The summed E-state index contributed by atoms with van der Waals surface area (Å²) < 4.78 is 20.3. The Bertz CT molecular complexity index is 996. The van der Waals surface area contributed by atoms with Gasteiger partial charge >= 0.3 is 0 Å². The molecule has 1 aliphatic rings. The van der Waals surface area contributed by atoms with Gasteiger partial charge in [0.1, 0.15) is 5.78 Å². The van der Waals surface area contributed by atoms with E-state index in [0.717, 1.165) is 37.8 Å². The molecule has 0 bridgehead atoms. The monoisotopic (exact) mass is 467 g/mol. The van der Waals surface area contributed by atoms with Crippen molar-refractivity contribution in [1.82, 2.24) is 0 Å².